The van der Waals surface area contributed by atoms with Crippen LogP contribution in [0, 0.1) is 5.92 Å². The van der Waals surface area contributed by atoms with Crippen LogP contribution < -0.4 is 5.32 Å². The molecule has 0 aromatic carbocycles. The van der Waals surface area contributed by atoms with E-state index in [1.165, 1.54) is 45.3 Å². The molecular formula is C14H26N2O. The Kier molecular flexibility index (Phi) is 3.18. The monoisotopic (exact) mass is 238 g/mol. The van der Waals surface area contributed by atoms with Crippen molar-refractivity contribution in [1.82, 2.24) is 10.2 Å². The molecule has 3 saturated heterocycles. The fourth-order valence-corrected chi connectivity index (χ4v) is 3.89. The molecule has 0 aromatic rings. The van der Waals surface area contributed by atoms with E-state index in [1.54, 1.807) is 0 Å². The molecule has 17 heavy (non-hydrogen) atoms. The van der Waals surface area contributed by atoms with Gasteiger partial charge in [-0.3, -0.25) is 4.90 Å². The van der Waals surface area contributed by atoms with E-state index in [9.17, 15) is 0 Å². The summed E-state index contributed by atoms with van der Waals surface area (Å²) in [7, 11) is 0. The summed E-state index contributed by atoms with van der Waals surface area (Å²) in [4.78, 5) is 2.73. The maximum absolute atomic E-state index is 5.83. The van der Waals surface area contributed by atoms with Crippen molar-refractivity contribution in [2.45, 2.75) is 57.2 Å². The van der Waals surface area contributed by atoms with Crippen molar-refractivity contribution >= 4 is 0 Å². The second kappa shape index (κ2) is 4.52. The Labute approximate surface area is 105 Å². The van der Waals surface area contributed by atoms with Crippen LogP contribution in [0.4, 0.5) is 0 Å². The minimum Gasteiger partial charge on any atom is -0.375 e. The minimum atomic E-state index is 0.0874. The molecule has 1 N–H and O–H groups in total. The summed E-state index contributed by atoms with van der Waals surface area (Å²) in [5, 5.41) is 3.70. The molecule has 0 aliphatic carbocycles. The first kappa shape index (κ1) is 11.9. The Balaban J connectivity index is 1.61. The molecule has 3 rings (SSSR count). The van der Waals surface area contributed by atoms with Crippen molar-refractivity contribution in [3.8, 4) is 0 Å². The molecular weight excluding hydrogens is 212 g/mol. The van der Waals surface area contributed by atoms with Gasteiger partial charge in [-0.25, -0.2) is 0 Å². The van der Waals surface area contributed by atoms with Crippen LogP contribution in [-0.4, -0.2) is 48.8 Å². The smallest absolute Gasteiger partial charge is 0.0641 e. The number of hydrogen-bond acceptors (Lipinski definition) is 3. The highest BCUT2D eigenvalue weighted by molar-refractivity contribution is 4.96. The molecule has 1 unspecified atom stereocenters. The van der Waals surface area contributed by atoms with Crippen molar-refractivity contribution in [3.05, 3.63) is 0 Å². The molecule has 0 radical (unpaired) electrons. The van der Waals surface area contributed by atoms with Gasteiger partial charge in [0.1, 0.15) is 0 Å². The van der Waals surface area contributed by atoms with Crippen molar-refractivity contribution < 1.29 is 4.74 Å². The third-order valence-corrected chi connectivity index (χ3v) is 4.81. The maximum Gasteiger partial charge on any atom is 0.0641 e. The molecule has 0 amide bonds. The standard InChI is InChI=1S/C14H26N2O/c1-14(2)8-12(5-7-17-14)16-9-11-4-3-6-15-13(11)10-16/h11-13,15H,3-10H2,1-2H3/t11-,12?,13+/m0/s1. The highest BCUT2D eigenvalue weighted by Crippen LogP contribution is 2.32. The molecule has 3 aliphatic rings. The topological polar surface area (TPSA) is 24.5 Å². The molecule has 0 spiro atoms. The van der Waals surface area contributed by atoms with Crippen LogP contribution in [0.1, 0.15) is 39.5 Å². The number of nitrogens with zero attached hydrogens (tertiary/aromatic N) is 1. The number of hydrogen-bond donors (Lipinski definition) is 1. The molecule has 0 saturated carbocycles. The summed E-state index contributed by atoms with van der Waals surface area (Å²) in [5.41, 5.74) is 0.0874. The lowest BCUT2D eigenvalue weighted by Gasteiger charge is -2.40. The first-order valence-electron chi connectivity index (χ1n) is 7.25. The third-order valence-electron chi connectivity index (χ3n) is 4.81. The number of piperidine rings is 1. The Bertz CT molecular complexity index is 265. The molecule has 3 aliphatic heterocycles. The van der Waals surface area contributed by atoms with Gasteiger partial charge in [0.15, 0.2) is 0 Å². The third kappa shape index (κ3) is 2.51. The van der Waals surface area contributed by atoms with Gasteiger partial charge in [0.2, 0.25) is 0 Å². The van der Waals surface area contributed by atoms with Gasteiger partial charge < -0.3 is 10.1 Å². The summed E-state index contributed by atoms with van der Waals surface area (Å²) >= 11 is 0. The van der Waals surface area contributed by atoms with E-state index in [0.29, 0.717) is 0 Å². The van der Waals surface area contributed by atoms with Gasteiger partial charge in [-0.05, 0) is 52.0 Å². The Hall–Kier alpha value is -0.120. The summed E-state index contributed by atoms with van der Waals surface area (Å²) in [6.07, 6.45) is 5.23. The van der Waals surface area contributed by atoms with Crippen molar-refractivity contribution in [2.24, 2.45) is 5.92 Å². The van der Waals surface area contributed by atoms with Gasteiger partial charge in [0.05, 0.1) is 5.60 Å². The predicted octanol–water partition coefficient (Wildman–Crippen LogP) is 1.63. The maximum atomic E-state index is 5.83. The molecule has 3 heteroatoms. The SMILES string of the molecule is CC1(C)CC(N2C[C@@H]3CCCN[C@@H]3C2)CCO1. The van der Waals surface area contributed by atoms with Crippen LogP contribution in [0.25, 0.3) is 0 Å². The van der Waals surface area contributed by atoms with Crippen LogP contribution in [0.2, 0.25) is 0 Å². The van der Waals surface area contributed by atoms with Gasteiger partial charge in [-0.1, -0.05) is 0 Å². The average Bonchev–Trinajstić information content (AvgIpc) is 2.71. The van der Waals surface area contributed by atoms with Crippen molar-refractivity contribution in [1.29, 1.82) is 0 Å². The highest BCUT2D eigenvalue weighted by atomic mass is 16.5. The van der Waals surface area contributed by atoms with E-state index in [0.717, 1.165) is 24.6 Å². The van der Waals surface area contributed by atoms with Gasteiger partial charge in [-0.15, -0.1) is 0 Å². The normalized spacial score (nSPS) is 42.4. The number of fused-ring (bicyclic) bond motifs is 1. The van der Waals surface area contributed by atoms with Crippen molar-refractivity contribution in [3.63, 3.8) is 0 Å². The number of ether oxygens (including phenoxy) is 1. The lowest BCUT2D eigenvalue weighted by Crippen LogP contribution is -2.46. The Morgan fingerprint density at radius 3 is 2.88 bits per heavy atom. The van der Waals surface area contributed by atoms with E-state index in [4.69, 9.17) is 4.74 Å². The van der Waals surface area contributed by atoms with Crippen LogP contribution in [-0.2, 0) is 4.74 Å². The van der Waals surface area contributed by atoms with Gasteiger partial charge in [0, 0.05) is 31.8 Å². The molecule has 3 heterocycles. The zero-order valence-corrected chi connectivity index (χ0v) is 11.2. The van der Waals surface area contributed by atoms with E-state index < -0.39 is 0 Å². The summed E-state index contributed by atoms with van der Waals surface area (Å²) < 4.78 is 5.83. The molecule has 0 aromatic heterocycles. The summed E-state index contributed by atoms with van der Waals surface area (Å²) in [6.45, 7) is 9.23. The Morgan fingerprint density at radius 1 is 1.24 bits per heavy atom. The van der Waals surface area contributed by atoms with E-state index in [2.05, 4.69) is 24.1 Å². The number of rotatable bonds is 1. The predicted molar refractivity (Wildman–Crippen MR) is 69.1 cm³/mol. The van der Waals surface area contributed by atoms with E-state index >= 15 is 0 Å². The first-order valence-corrected chi connectivity index (χ1v) is 7.25. The zero-order chi connectivity index (χ0) is 11.9. The fraction of sp³-hybridized carbons (Fsp3) is 1.00. The second-order valence-electron chi connectivity index (χ2n) is 6.67. The average molecular weight is 238 g/mol. The van der Waals surface area contributed by atoms with Crippen LogP contribution in [0.3, 0.4) is 0 Å². The van der Waals surface area contributed by atoms with Crippen LogP contribution >= 0.6 is 0 Å². The van der Waals surface area contributed by atoms with Gasteiger partial charge in [0.25, 0.3) is 0 Å². The zero-order valence-electron chi connectivity index (χ0n) is 11.2. The quantitative estimate of drug-likeness (QED) is 0.751. The minimum absolute atomic E-state index is 0.0874. The molecule has 98 valence electrons. The van der Waals surface area contributed by atoms with Crippen LogP contribution in [0.5, 0.6) is 0 Å². The number of nitrogens with one attached hydrogen (secondary N) is 1. The molecule has 3 nitrogen and oxygen atoms in total. The lowest BCUT2D eigenvalue weighted by atomic mass is 9.93. The first-order chi connectivity index (χ1) is 8.14. The van der Waals surface area contributed by atoms with Gasteiger partial charge in [-0.2, -0.15) is 0 Å². The molecule has 3 atom stereocenters. The van der Waals surface area contributed by atoms with E-state index in [1.807, 2.05) is 0 Å². The lowest BCUT2D eigenvalue weighted by molar-refractivity contribution is -0.0807. The van der Waals surface area contributed by atoms with Crippen LogP contribution in [0.15, 0.2) is 0 Å². The summed E-state index contributed by atoms with van der Waals surface area (Å²) in [6, 6.07) is 1.53. The number of likely N-dealkylation sites (tertiary alicyclic amines) is 1. The second-order valence-corrected chi connectivity index (χ2v) is 6.67. The molecule has 0 bridgehead atoms. The highest BCUT2D eigenvalue weighted by Gasteiger charge is 2.40. The van der Waals surface area contributed by atoms with Gasteiger partial charge >= 0.3 is 0 Å². The van der Waals surface area contributed by atoms with E-state index in [-0.39, 0.29) is 5.60 Å². The Morgan fingerprint density at radius 2 is 2.12 bits per heavy atom. The fourth-order valence-electron chi connectivity index (χ4n) is 3.89. The van der Waals surface area contributed by atoms with Crippen molar-refractivity contribution in [2.75, 3.05) is 26.2 Å². The largest absolute Gasteiger partial charge is 0.375 e. The molecule has 3 fully saturated rings. The summed E-state index contributed by atoms with van der Waals surface area (Å²) in [5.74, 6) is 0.912.